The largest absolute Gasteiger partial charge is 0.326 e. The third kappa shape index (κ3) is 2.45. The van der Waals surface area contributed by atoms with Gasteiger partial charge in [-0.05, 0) is 45.3 Å². The summed E-state index contributed by atoms with van der Waals surface area (Å²) < 4.78 is 0. The quantitative estimate of drug-likeness (QED) is 0.844. The van der Waals surface area contributed by atoms with Gasteiger partial charge in [0, 0.05) is 12.1 Å². The van der Waals surface area contributed by atoms with Crippen LogP contribution in [0.25, 0.3) is 0 Å². The molecular formula is C14H22N2. The molecule has 1 aromatic rings. The summed E-state index contributed by atoms with van der Waals surface area (Å²) in [6.45, 7) is 6.65. The Kier molecular flexibility index (Phi) is 3.62. The predicted octanol–water partition coefficient (Wildman–Crippen LogP) is 2.48. The topological polar surface area (TPSA) is 29.3 Å². The van der Waals surface area contributed by atoms with E-state index in [2.05, 4.69) is 43.0 Å². The van der Waals surface area contributed by atoms with E-state index in [-0.39, 0.29) is 6.04 Å². The highest BCUT2D eigenvalue weighted by Crippen LogP contribution is 2.27. The molecular weight excluding hydrogens is 196 g/mol. The van der Waals surface area contributed by atoms with Crippen molar-refractivity contribution in [1.82, 2.24) is 4.90 Å². The molecule has 88 valence electrons. The lowest BCUT2D eigenvalue weighted by Crippen LogP contribution is -2.37. The van der Waals surface area contributed by atoms with E-state index in [1.54, 1.807) is 0 Å². The summed E-state index contributed by atoms with van der Waals surface area (Å²) >= 11 is 0. The van der Waals surface area contributed by atoms with Gasteiger partial charge in [-0.3, -0.25) is 4.90 Å². The molecule has 1 fully saturated rings. The van der Waals surface area contributed by atoms with Crippen LogP contribution in [0.4, 0.5) is 0 Å². The molecule has 2 atom stereocenters. The highest BCUT2D eigenvalue weighted by atomic mass is 15.2. The Hall–Kier alpha value is -0.860. The molecule has 0 spiro atoms. The molecule has 1 aliphatic heterocycles. The van der Waals surface area contributed by atoms with E-state index >= 15 is 0 Å². The normalized spacial score (nSPS) is 20.9. The van der Waals surface area contributed by atoms with E-state index in [0.29, 0.717) is 6.04 Å². The molecule has 2 N–H and O–H groups in total. The van der Waals surface area contributed by atoms with E-state index in [1.807, 2.05) is 0 Å². The van der Waals surface area contributed by atoms with Gasteiger partial charge in [0.25, 0.3) is 0 Å². The van der Waals surface area contributed by atoms with Crippen molar-refractivity contribution >= 4 is 0 Å². The fraction of sp³-hybridized carbons (Fsp3) is 0.571. The van der Waals surface area contributed by atoms with E-state index in [4.69, 9.17) is 5.73 Å². The first-order chi connectivity index (χ1) is 7.68. The summed E-state index contributed by atoms with van der Waals surface area (Å²) in [5.74, 6) is 0. The van der Waals surface area contributed by atoms with Crippen molar-refractivity contribution in [3.05, 3.63) is 35.4 Å². The van der Waals surface area contributed by atoms with E-state index in [9.17, 15) is 0 Å². The maximum Gasteiger partial charge on any atom is 0.0496 e. The first kappa shape index (κ1) is 11.6. The van der Waals surface area contributed by atoms with E-state index in [1.165, 1.54) is 37.1 Å². The maximum atomic E-state index is 6.16. The average molecular weight is 218 g/mol. The van der Waals surface area contributed by atoms with Crippen molar-refractivity contribution in [2.75, 3.05) is 13.1 Å². The summed E-state index contributed by atoms with van der Waals surface area (Å²) in [5.41, 5.74) is 8.85. The van der Waals surface area contributed by atoms with Crippen LogP contribution in [0, 0.1) is 6.92 Å². The Balaban J connectivity index is 2.24. The number of nitrogens with zero attached hydrogens (tertiary/aromatic N) is 1. The van der Waals surface area contributed by atoms with Crippen LogP contribution in [0.2, 0.25) is 0 Å². The Morgan fingerprint density at radius 2 is 1.94 bits per heavy atom. The zero-order valence-electron chi connectivity index (χ0n) is 10.3. The lowest BCUT2D eigenvalue weighted by molar-refractivity contribution is 0.219. The lowest BCUT2D eigenvalue weighted by Gasteiger charge is -2.31. The van der Waals surface area contributed by atoms with Crippen molar-refractivity contribution in [2.45, 2.75) is 38.8 Å². The molecule has 2 nitrogen and oxygen atoms in total. The summed E-state index contributed by atoms with van der Waals surface area (Å²) in [7, 11) is 0. The van der Waals surface area contributed by atoms with Gasteiger partial charge in [-0.1, -0.05) is 29.8 Å². The third-order valence-electron chi connectivity index (χ3n) is 3.42. The Bertz CT molecular complexity index is 340. The van der Waals surface area contributed by atoms with Crippen LogP contribution in [-0.4, -0.2) is 24.0 Å². The summed E-state index contributed by atoms with van der Waals surface area (Å²) in [6.07, 6.45) is 2.63. The van der Waals surface area contributed by atoms with Crippen molar-refractivity contribution < 1.29 is 0 Å². The van der Waals surface area contributed by atoms with Gasteiger partial charge >= 0.3 is 0 Å². The van der Waals surface area contributed by atoms with Crippen LogP contribution in [-0.2, 0) is 0 Å². The Morgan fingerprint density at radius 3 is 2.50 bits per heavy atom. The SMILES string of the molecule is Cc1cccc(C(C(C)N)N2CCCC2)c1. The minimum Gasteiger partial charge on any atom is -0.326 e. The predicted molar refractivity (Wildman–Crippen MR) is 68.4 cm³/mol. The third-order valence-corrected chi connectivity index (χ3v) is 3.42. The number of benzene rings is 1. The van der Waals surface area contributed by atoms with Gasteiger partial charge in [-0.2, -0.15) is 0 Å². The van der Waals surface area contributed by atoms with Crippen molar-refractivity contribution in [3.8, 4) is 0 Å². The van der Waals surface area contributed by atoms with Crippen molar-refractivity contribution in [1.29, 1.82) is 0 Å². The molecule has 0 amide bonds. The monoisotopic (exact) mass is 218 g/mol. The second kappa shape index (κ2) is 4.98. The van der Waals surface area contributed by atoms with Crippen molar-refractivity contribution in [3.63, 3.8) is 0 Å². The highest BCUT2D eigenvalue weighted by Gasteiger charge is 2.26. The molecule has 1 heterocycles. The van der Waals surface area contributed by atoms with E-state index in [0.717, 1.165) is 0 Å². The van der Waals surface area contributed by atoms with Crippen LogP contribution >= 0.6 is 0 Å². The molecule has 1 saturated heterocycles. The maximum absolute atomic E-state index is 6.16. The minimum atomic E-state index is 0.194. The van der Waals surface area contributed by atoms with E-state index < -0.39 is 0 Å². The Morgan fingerprint density at radius 1 is 1.25 bits per heavy atom. The molecule has 1 aromatic carbocycles. The van der Waals surface area contributed by atoms with Crippen LogP contribution in [0.5, 0.6) is 0 Å². The van der Waals surface area contributed by atoms with Crippen LogP contribution in [0.3, 0.4) is 0 Å². The number of hydrogen-bond donors (Lipinski definition) is 1. The van der Waals surface area contributed by atoms with Gasteiger partial charge in [0.15, 0.2) is 0 Å². The zero-order valence-corrected chi connectivity index (χ0v) is 10.3. The molecule has 2 unspecified atom stereocenters. The number of likely N-dealkylation sites (tertiary alicyclic amines) is 1. The molecule has 0 saturated carbocycles. The van der Waals surface area contributed by atoms with Gasteiger partial charge in [0.1, 0.15) is 0 Å². The molecule has 1 aliphatic rings. The van der Waals surface area contributed by atoms with Crippen LogP contribution in [0.15, 0.2) is 24.3 Å². The van der Waals surface area contributed by atoms with Gasteiger partial charge in [-0.25, -0.2) is 0 Å². The fourth-order valence-electron chi connectivity index (χ4n) is 2.72. The van der Waals surface area contributed by atoms with Crippen LogP contribution in [0.1, 0.15) is 36.9 Å². The number of rotatable bonds is 3. The van der Waals surface area contributed by atoms with Gasteiger partial charge in [0.05, 0.1) is 0 Å². The molecule has 0 bridgehead atoms. The number of nitrogens with two attached hydrogens (primary N) is 1. The molecule has 2 rings (SSSR count). The molecule has 16 heavy (non-hydrogen) atoms. The van der Waals surface area contributed by atoms with Gasteiger partial charge in [0.2, 0.25) is 0 Å². The molecule has 0 aromatic heterocycles. The number of hydrogen-bond acceptors (Lipinski definition) is 2. The highest BCUT2D eigenvalue weighted by molar-refractivity contribution is 5.26. The summed E-state index contributed by atoms with van der Waals surface area (Å²) in [4.78, 5) is 2.53. The number of aryl methyl sites for hydroxylation is 1. The molecule has 0 aliphatic carbocycles. The van der Waals surface area contributed by atoms with Gasteiger partial charge in [-0.15, -0.1) is 0 Å². The second-order valence-electron chi connectivity index (χ2n) is 4.96. The first-order valence-corrected chi connectivity index (χ1v) is 6.24. The second-order valence-corrected chi connectivity index (χ2v) is 4.96. The molecule has 2 heteroatoms. The summed E-state index contributed by atoms with van der Waals surface area (Å²) in [6, 6.07) is 9.34. The Labute approximate surface area is 98.4 Å². The smallest absolute Gasteiger partial charge is 0.0496 e. The van der Waals surface area contributed by atoms with Crippen molar-refractivity contribution in [2.24, 2.45) is 5.73 Å². The summed E-state index contributed by atoms with van der Waals surface area (Å²) in [5, 5.41) is 0. The lowest BCUT2D eigenvalue weighted by atomic mass is 9.98. The van der Waals surface area contributed by atoms with Crippen LogP contribution < -0.4 is 5.73 Å². The van der Waals surface area contributed by atoms with Gasteiger partial charge < -0.3 is 5.73 Å². The zero-order chi connectivity index (χ0) is 11.5. The molecule has 0 radical (unpaired) electrons. The average Bonchev–Trinajstić information content (AvgIpc) is 2.71. The first-order valence-electron chi connectivity index (χ1n) is 6.24. The minimum absolute atomic E-state index is 0.194. The standard InChI is InChI=1S/C14H22N2/c1-11-6-5-7-13(10-11)14(12(2)15)16-8-3-4-9-16/h5-7,10,12,14H,3-4,8-9,15H2,1-2H3. The fourth-order valence-corrected chi connectivity index (χ4v) is 2.72.